The van der Waals surface area contributed by atoms with Gasteiger partial charge in [-0.05, 0) is 48.9 Å². The Balaban J connectivity index is 1.72. The van der Waals surface area contributed by atoms with Crippen molar-refractivity contribution in [2.45, 2.75) is 18.4 Å². The van der Waals surface area contributed by atoms with Crippen molar-refractivity contribution in [3.63, 3.8) is 0 Å². The number of aromatic nitrogens is 1. The first kappa shape index (κ1) is 19.7. The first-order valence-electron chi connectivity index (χ1n) is 8.71. The molecule has 0 bridgehead atoms. The van der Waals surface area contributed by atoms with E-state index in [-0.39, 0.29) is 17.3 Å². The number of aryl methyl sites for hydroxylation is 1. The molecular formula is C21H21N3O3S. The van der Waals surface area contributed by atoms with E-state index in [0.717, 1.165) is 11.3 Å². The third-order valence-corrected chi connectivity index (χ3v) is 6.02. The summed E-state index contributed by atoms with van der Waals surface area (Å²) >= 11 is 0. The SMILES string of the molecule is Cc1cccc(NC(=O)c2ccc(S(=O)(=O)N(C)Cc3ccccc3)cc2)n1. The van der Waals surface area contributed by atoms with E-state index in [1.54, 1.807) is 12.1 Å². The summed E-state index contributed by atoms with van der Waals surface area (Å²) in [5, 5.41) is 2.70. The summed E-state index contributed by atoms with van der Waals surface area (Å²) in [5.41, 5.74) is 2.05. The molecule has 0 radical (unpaired) electrons. The van der Waals surface area contributed by atoms with Crippen LogP contribution in [0.5, 0.6) is 0 Å². The smallest absolute Gasteiger partial charge is 0.256 e. The number of hydrogen-bond donors (Lipinski definition) is 1. The van der Waals surface area contributed by atoms with Gasteiger partial charge in [-0.25, -0.2) is 13.4 Å². The molecule has 0 aliphatic carbocycles. The predicted octanol–water partition coefficient (Wildman–Crippen LogP) is 3.46. The molecule has 0 spiro atoms. The maximum atomic E-state index is 12.8. The lowest BCUT2D eigenvalue weighted by atomic mass is 10.2. The predicted molar refractivity (Wildman–Crippen MR) is 108 cm³/mol. The number of benzene rings is 2. The third-order valence-electron chi connectivity index (χ3n) is 4.20. The first-order chi connectivity index (χ1) is 13.4. The zero-order valence-electron chi connectivity index (χ0n) is 15.7. The normalized spacial score (nSPS) is 11.4. The molecule has 0 aliphatic heterocycles. The van der Waals surface area contributed by atoms with Crippen LogP contribution in [0, 0.1) is 6.92 Å². The molecular weight excluding hydrogens is 374 g/mol. The molecule has 144 valence electrons. The van der Waals surface area contributed by atoms with Crippen LogP contribution in [0.3, 0.4) is 0 Å². The molecule has 3 aromatic rings. The fourth-order valence-electron chi connectivity index (χ4n) is 2.68. The van der Waals surface area contributed by atoms with Crippen molar-refractivity contribution in [1.29, 1.82) is 0 Å². The van der Waals surface area contributed by atoms with E-state index in [1.807, 2.05) is 43.3 Å². The number of nitrogens with one attached hydrogen (secondary N) is 1. The zero-order chi connectivity index (χ0) is 20.1. The van der Waals surface area contributed by atoms with Gasteiger partial charge in [0.1, 0.15) is 5.82 Å². The number of rotatable bonds is 6. The van der Waals surface area contributed by atoms with Crippen LogP contribution < -0.4 is 5.32 Å². The number of amides is 1. The van der Waals surface area contributed by atoms with Crippen molar-refractivity contribution in [3.05, 3.63) is 89.6 Å². The number of sulfonamides is 1. The van der Waals surface area contributed by atoms with Crippen LogP contribution >= 0.6 is 0 Å². The quantitative estimate of drug-likeness (QED) is 0.693. The molecule has 0 saturated heterocycles. The lowest BCUT2D eigenvalue weighted by Gasteiger charge is -2.17. The summed E-state index contributed by atoms with van der Waals surface area (Å²) in [5.74, 6) is 0.101. The second-order valence-electron chi connectivity index (χ2n) is 6.39. The monoisotopic (exact) mass is 395 g/mol. The summed E-state index contributed by atoms with van der Waals surface area (Å²) in [6.45, 7) is 2.10. The highest BCUT2D eigenvalue weighted by Crippen LogP contribution is 2.18. The first-order valence-corrected chi connectivity index (χ1v) is 10.2. The summed E-state index contributed by atoms with van der Waals surface area (Å²) in [7, 11) is -2.12. The van der Waals surface area contributed by atoms with E-state index >= 15 is 0 Å². The van der Waals surface area contributed by atoms with E-state index in [4.69, 9.17) is 0 Å². The highest BCUT2D eigenvalue weighted by atomic mass is 32.2. The van der Waals surface area contributed by atoms with Gasteiger partial charge in [0.05, 0.1) is 4.90 Å². The summed E-state index contributed by atoms with van der Waals surface area (Å²) in [4.78, 5) is 16.7. The number of carbonyl (C=O) groups is 1. The van der Waals surface area contributed by atoms with Crippen LogP contribution in [0.4, 0.5) is 5.82 Å². The van der Waals surface area contributed by atoms with Gasteiger partial charge in [-0.15, -0.1) is 0 Å². The van der Waals surface area contributed by atoms with Gasteiger partial charge in [0.25, 0.3) is 5.91 Å². The van der Waals surface area contributed by atoms with Gasteiger partial charge in [-0.2, -0.15) is 4.31 Å². The average Bonchev–Trinajstić information content (AvgIpc) is 2.69. The minimum atomic E-state index is -3.65. The Hall–Kier alpha value is -3.03. The van der Waals surface area contributed by atoms with Crippen molar-refractivity contribution in [2.24, 2.45) is 0 Å². The van der Waals surface area contributed by atoms with Crippen molar-refractivity contribution >= 4 is 21.7 Å². The minimum Gasteiger partial charge on any atom is -0.307 e. The van der Waals surface area contributed by atoms with Crippen LogP contribution in [-0.4, -0.2) is 30.7 Å². The fourth-order valence-corrected chi connectivity index (χ4v) is 3.84. The number of carbonyl (C=O) groups excluding carboxylic acids is 1. The second-order valence-corrected chi connectivity index (χ2v) is 8.43. The van der Waals surface area contributed by atoms with E-state index in [9.17, 15) is 13.2 Å². The Morgan fingerprint density at radius 3 is 2.29 bits per heavy atom. The lowest BCUT2D eigenvalue weighted by Crippen LogP contribution is -2.26. The number of nitrogens with zero attached hydrogens (tertiary/aromatic N) is 2. The summed E-state index contributed by atoms with van der Waals surface area (Å²) in [6, 6.07) is 20.6. The maximum Gasteiger partial charge on any atom is 0.256 e. The summed E-state index contributed by atoms with van der Waals surface area (Å²) < 4.78 is 26.8. The lowest BCUT2D eigenvalue weighted by molar-refractivity contribution is 0.102. The van der Waals surface area contributed by atoms with Gasteiger partial charge in [-0.3, -0.25) is 4.79 Å². The Kier molecular flexibility index (Phi) is 5.87. The maximum absolute atomic E-state index is 12.8. The van der Waals surface area contributed by atoms with Crippen LogP contribution in [-0.2, 0) is 16.6 Å². The largest absolute Gasteiger partial charge is 0.307 e. The van der Waals surface area contributed by atoms with E-state index in [2.05, 4.69) is 10.3 Å². The number of pyridine rings is 1. The standard InChI is InChI=1S/C21H21N3O3S/c1-16-7-6-10-20(22-16)23-21(25)18-11-13-19(14-12-18)28(26,27)24(2)15-17-8-4-3-5-9-17/h3-14H,15H2,1-2H3,(H,22,23,25). The Morgan fingerprint density at radius 2 is 1.64 bits per heavy atom. The molecule has 0 unspecified atom stereocenters. The van der Waals surface area contributed by atoms with Crippen molar-refractivity contribution in [3.8, 4) is 0 Å². The Morgan fingerprint density at radius 1 is 0.964 bits per heavy atom. The van der Waals surface area contributed by atoms with E-state index in [1.165, 1.54) is 35.6 Å². The molecule has 7 heteroatoms. The van der Waals surface area contributed by atoms with Crippen LogP contribution in [0.25, 0.3) is 0 Å². The fraction of sp³-hybridized carbons (Fsp3) is 0.143. The highest BCUT2D eigenvalue weighted by Gasteiger charge is 2.21. The number of anilines is 1. The molecule has 0 aliphatic rings. The molecule has 1 aromatic heterocycles. The van der Waals surface area contributed by atoms with Crippen molar-refractivity contribution < 1.29 is 13.2 Å². The molecule has 1 heterocycles. The van der Waals surface area contributed by atoms with E-state index < -0.39 is 10.0 Å². The zero-order valence-corrected chi connectivity index (χ0v) is 16.5. The molecule has 0 saturated carbocycles. The average molecular weight is 395 g/mol. The van der Waals surface area contributed by atoms with Crippen LogP contribution in [0.2, 0.25) is 0 Å². The third kappa shape index (κ3) is 4.62. The topological polar surface area (TPSA) is 79.4 Å². The Labute approximate surface area is 164 Å². The van der Waals surface area contributed by atoms with Gasteiger partial charge >= 0.3 is 0 Å². The number of hydrogen-bond acceptors (Lipinski definition) is 4. The van der Waals surface area contributed by atoms with Crippen molar-refractivity contribution in [1.82, 2.24) is 9.29 Å². The molecule has 28 heavy (non-hydrogen) atoms. The molecule has 0 atom stereocenters. The minimum absolute atomic E-state index is 0.135. The van der Waals surface area contributed by atoms with Gasteiger partial charge in [0.2, 0.25) is 10.0 Å². The molecule has 6 nitrogen and oxygen atoms in total. The van der Waals surface area contributed by atoms with Crippen LogP contribution in [0.15, 0.2) is 77.7 Å². The van der Waals surface area contributed by atoms with Crippen LogP contribution in [0.1, 0.15) is 21.6 Å². The van der Waals surface area contributed by atoms with Gasteiger partial charge < -0.3 is 5.32 Å². The molecule has 2 aromatic carbocycles. The van der Waals surface area contributed by atoms with Gasteiger partial charge in [-0.1, -0.05) is 36.4 Å². The summed E-state index contributed by atoms with van der Waals surface area (Å²) in [6.07, 6.45) is 0. The van der Waals surface area contributed by atoms with Gasteiger partial charge in [0.15, 0.2) is 0 Å². The molecule has 0 fully saturated rings. The second kappa shape index (κ2) is 8.33. The molecule has 1 amide bonds. The Bertz CT molecular complexity index is 1070. The molecule has 1 N–H and O–H groups in total. The van der Waals surface area contributed by atoms with Crippen molar-refractivity contribution in [2.75, 3.05) is 12.4 Å². The highest BCUT2D eigenvalue weighted by molar-refractivity contribution is 7.89. The van der Waals surface area contributed by atoms with E-state index in [0.29, 0.717) is 11.4 Å². The van der Waals surface area contributed by atoms with Gasteiger partial charge in [0, 0.05) is 24.8 Å². The molecule has 3 rings (SSSR count).